The summed E-state index contributed by atoms with van der Waals surface area (Å²) in [4.78, 5) is 36.4. The Morgan fingerprint density at radius 3 is 1.81 bits per heavy atom. The van der Waals surface area contributed by atoms with E-state index in [4.69, 9.17) is 0 Å². The highest BCUT2D eigenvalue weighted by atomic mass is 16.5. The van der Waals surface area contributed by atoms with Crippen molar-refractivity contribution in [2.75, 3.05) is 7.11 Å². The Hall–Kier alpha value is -3.01. The van der Waals surface area contributed by atoms with Crippen LogP contribution in [0.1, 0.15) is 37.8 Å². The first-order valence-electron chi connectivity index (χ1n) is 8.79. The van der Waals surface area contributed by atoms with Gasteiger partial charge in [-0.3, -0.25) is 14.4 Å². The molecule has 140 valence electrons. The Morgan fingerprint density at radius 1 is 0.889 bits per heavy atom. The van der Waals surface area contributed by atoms with E-state index in [9.17, 15) is 14.4 Å². The molecule has 0 aliphatic heterocycles. The molecule has 2 rings (SSSR count). The van der Waals surface area contributed by atoms with Crippen LogP contribution < -0.4 is 0 Å². The number of benzene rings is 2. The van der Waals surface area contributed by atoms with Gasteiger partial charge in [-0.1, -0.05) is 74.5 Å². The lowest BCUT2D eigenvalue weighted by Crippen LogP contribution is -2.29. The van der Waals surface area contributed by atoms with Gasteiger partial charge in [0.15, 0.2) is 5.78 Å². The third-order valence-electron chi connectivity index (χ3n) is 4.38. The molecule has 0 bridgehead atoms. The van der Waals surface area contributed by atoms with E-state index in [0.717, 1.165) is 16.7 Å². The van der Waals surface area contributed by atoms with E-state index in [1.54, 1.807) is 19.9 Å². The molecule has 0 N–H and O–H groups in total. The molecule has 0 aliphatic carbocycles. The maximum Gasteiger partial charge on any atom is 0.313 e. The zero-order valence-electron chi connectivity index (χ0n) is 15.9. The van der Waals surface area contributed by atoms with Crippen LogP contribution in [-0.4, -0.2) is 24.6 Å². The number of esters is 1. The van der Waals surface area contributed by atoms with Crippen LogP contribution in [0.4, 0.5) is 0 Å². The van der Waals surface area contributed by atoms with Crippen molar-refractivity contribution in [3.63, 3.8) is 0 Å². The lowest BCUT2D eigenvalue weighted by Gasteiger charge is -2.21. The molecular formula is C23H24O4. The zero-order valence-corrected chi connectivity index (χ0v) is 15.9. The van der Waals surface area contributed by atoms with E-state index in [0.29, 0.717) is 0 Å². The quantitative estimate of drug-likeness (QED) is 0.399. The molecule has 0 aromatic heterocycles. The van der Waals surface area contributed by atoms with Gasteiger partial charge in [0.05, 0.1) is 7.11 Å². The van der Waals surface area contributed by atoms with Gasteiger partial charge < -0.3 is 4.74 Å². The summed E-state index contributed by atoms with van der Waals surface area (Å²) in [6.07, 6.45) is 1.27. The summed E-state index contributed by atoms with van der Waals surface area (Å²) in [5.41, 5.74) is 1.71. The van der Waals surface area contributed by atoms with Crippen molar-refractivity contribution in [3.05, 3.63) is 77.9 Å². The summed E-state index contributed by atoms with van der Waals surface area (Å²) < 4.78 is 4.54. The van der Waals surface area contributed by atoms with Crippen molar-refractivity contribution in [1.82, 2.24) is 0 Å². The fourth-order valence-corrected chi connectivity index (χ4v) is 2.76. The Balaban J connectivity index is 2.27. The maximum atomic E-state index is 12.7. The average Bonchev–Trinajstić information content (AvgIpc) is 2.67. The number of ether oxygens (including phenoxy) is 1. The van der Waals surface area contributed by atoms with Gasteiger partial charge in [-0.25, -0.2) is 0 Å². The third kappa shape index (κ3) is 5.74. The van der Waals surface area contributed by atoms with E-state index in [2.05, 4.69) is 4.74 Å². The SMILES string of the molecule is COC(=O)CC(=O)C(C)(C)CC(=O)C=C(c1ccccc1)c1ccccc1. The second-order valence-corrected chi connectivity index (χ2v) is 6.99. The maximum absolute atomic E-state index is 12.7. The Labute approximate surface area is 159 Å². The van der Waals surface area contributed by atoms with E-state index in [-0.39, 0.29) is 24.4 Å². The van der Waals surface area contributed by atoms with E-state index in [1.807, 2.05) is 60.7 Å². The highest BCUT2D eigenvalue weighted by Crippen LogP contribution is 2.27. The lowest BCUT2D eigenvalue weighted by molar-refractivity contribution is -0.146. The minimum absolute atomic E-state index is 0.0198. The van der Waals surface area contributed by atoms with Gasteiger partial charge in [-0.2, -0.15) is 0 Å². The Morgan fingerprint density at radius 2 is 1.37 bits per heavy atom. The fraction of sp³-hybridized carbons (Fsp3) is 0.261. The fourth-order valence-electron chi connectivity index (χ4n) is 2.76. The topological polar surface area (TPSA) is 60.4 Å². The number of carbonyl (C=O) groups excluding carboxylic acids is 3. The molecule has 0 saturated heterocycles. The van der Waals surface area contributed by atoms with E-state index < -0.39 is 11.4 Å². The summed E-state index contributed by atoms with van der Waals surface area (Å²) in [7, 11) is 1.24. The van der Waals surface area contributed by atoms with Crippen LogP contribution in [0.25, 0.3) is 5.57 Å². The molecule has 0 fully saturated rings. The van der Waals surface area contributed by atoms with Crippen LogP contribution in [-0.2, 0) is 19.1 Å². The van der Waals surface area contributed by atoms with Crippen molar-refractivity contribution in [2.45, 2.75) is 26.7 Å². The smallest absolute Gasteiger partial charge is 0.313 e. The number of allylic oxidation sites excluding steroid dienone is 1. The second-order valence-electron chi connectivity index (χ2n) is 6.99. The van der Waals surface area contributed by atoms with Crippen molar-refractivity contribution in [1.29, 1.82) is 0 Å². The molecule has 2 aromatic rings. The van der Waals surface area contributed by atoms with E-state index >= 15 is 0 Å². The van der Waals surface area contributed by atoms with Gasteiger partial charge in [-0.15, -0.1) is 0 Å². The van der Waals surface area contributed by atoms with Crippen LogP contribution in [0.15, 0.2) is 66.7 Å². The summed E-state index contributed by atoms with van der Waals surface area (Å²) in [5.74, 6) is -1.07. The zero-order chi connectivity index (χ0) is 19.9. The van der Waals surface area contributed by atoms with Gasteiger partial charge in [0.2, 0.25) is 0 Å². The van der Waals surface area contributed by atoms with Crippen LogP contribution in [0.2, 0.25) is 0 Å². The first kappa shape index (κ1) is 20.3. The largest absolute Gasteiger partial charge is 0.469 e. The van der Waals surface area contributed by atoms with Crippen LogP contribution in [0.3, 0.4) is 0 Å². The standard InChI is InChI=1S/C23H24O4/c1-23(2,21(25)15-22(26)27-3)16-19(24)14-20(17-10-6-4-7-11-17)18-12-8-5-9-13-18/h4-14H,15-16H2,1-3H3. The summed E-state index contributed by atoms with van der Waals surface area (Å²) in [6.45, 7) is 3.35. The van der Waals surface area contributed by atoms with Crippen molar-refractivity contribution in [2.24, 2.45) is 5.41 Å². The number of Topliss-reactive ketones (excluding diaryl/α,β-unsaturated/α-hetero) is 1. The molecule has 0 aliphatic rings. The molecule has 0 radical (unpaired) electrons. The highest BCUT2D eigenvalue weighted by molar-refractivity contribution is 6.05. The number of hydrogen-bond donors (Lipinski definition) is 0. The van der Waals surface area contributed by atoms with Crippen molar-refractivity contribution < 1.29 is 19.1 Å². The lowest BCUT2D eigenvalue weighted by atomic mass is 9.81. The molecule has 4 heteroatoms. The second kappa shape index (κ2) is 9.08. The molecule has 2 aromatic carbocycles. The number of hydrogen-bond acceptors (Lipinski definition) is 4. The predicted octanol–water partition coefficient (Wildman–Crippen LogP) is 4.24. The number of ketones is 2. The van der Waals surface area contributed by atoms with Gasteiger partial charge >= 0.3 is 5.97 Å². The van der Waals surface area contributed by atoms with Crippen LogP contribution in [0, 0.1) is 5.41 Å². The molecule has 0 spiro atoms. The first-order chi connectivity index (χ1) is 12.8. The van der Waals surface area contributed by atoms with Gasteiger partial charge in [0, 0.05) is 11.8 Å². The number of methoxy groups -OCH3 is 1. The molecule has 0 atom stereocenters. The Bertz CT molecular complexity index is 792. The molecule has 4 nitrogen and oxygen atoms in total. The minimum Gasteiger partial charge on any atom is -0.469 e. The molecule has 0 amide bonds. The first-order valence-corrected chi connectivity index (χ1v) is 8.79. The number of rotatable bonds is 8. The van der Waals surface area contributed by atoms with Crippen molar-refractivity contribution >= 4 is 23.1 Å². The summed E-state index contributed by atoms with van der Waals surface area (Å²) in [6, 6.07) is 19.3. The minimum atomic E-state index is -0.944. The molecule has 0 unspecified atom stereocenters. The molecule has 0 saturated carbocycles. The van der Waals surface area contributed by atoms with Crippen LogP contribution >= 0.6 is 0 Å². The van der Waals surface area contributed by atoms with Crippen LogP contribution in [0.5, 0.6) is 0 Å². The monoisotopic (exact) mass is 364 g/mol. The van der Waals surface area contributed by atoms with Crippen molar-refractivity contribution in [3.8, 4) is 0 Å². The molecular weight excluding hydrogens is 340 g/mol. The molecule has 27 heavy (non-hydrogen) atoms. The summed E-state index contributed by atoms with van der Waals surface area (Å²) >= 11 is 0. The summed E-state index contributed by atoms with van der Waals surface area (Å²) in [5, 5.41) is 0. The van der Waals surface area contributed by atoms with Gasteiger partial charge in [0.25, 0.3) is 0 Å². The van der Waals surface area contributed by atoms with Gasteiger partial charge in [-0.05, 0) is 22.8 Å². The Kier molecular flexibility index (Phi) is 6.83. The predicted molar refractivity (Wildman–Crippen MR) is 105 cm³/mol. The number of carbonyl (C=O) groups is 3. The average molecular weight is 364 g/mol. The third-order valence-corrected chi connectivity index (χ3v) is 4.38. The highest BCUT2D eigenvalue weighted by Gasteiger charge is 2.31. The van der Waals surface area contributed by atoms with Gasteiger partial charge in [0.1, 0.15) is 12.2 Å². The normalized spacial score (nSPS) is 10.8. The molecule has 0 heterocycles. The van der Waals surface area contributed by atoms with E-state index in [1.165, 1.54) is 7.11 Å².